The largest absolute Gasteiger partial charge is 0.516 e. The number of hydrogen-bond acceptors (Lipinski definition) is 3. The molecule has 46 valence electrons. The molecule has 0 aliphatic rings. The van der Waals surface area contributed by atoms with Crippen molar-refractivity contribution in [2.24, 2.45) is 0 Å². The van der Waals surface area contributed by atoms with Crippen LogP contribution in [0.4, 0.5) is 0 Å². The zero-order valence-corrected chi connectivity index (χ0v) is 4.32. The van der Waals surface area contributed by atoms with Crippen LogP contribution in [-0.2, 0) is 4.74 Å². The summed E-state index contributed by atoms with van der Waals surface area (Å²) < 4.78 is 4.35. The molecular formula is C5H8O3. The second-order valence-electron chi connectivity index (χ2n) is 1.03. The van der Waals surface area contributed by atoms with E-state index in [1.807, 2.05) is 0 Å². The highest BCUT2D eigenvalue weighted by Crippen LogP contribution is 1.86. The van der Waals surface area contributed by atoms with Gasteiger partial charge in [0.15, 0.2) is 0 Å². The fourth-order valence-electron chi connectivity index (χ4n) is 0.218. The van der Waals surface area contributed by atoms with E-state index >= 15 is 0 Å². The van der Waals surface area contributed by atoms with E-state index in [4.69, 9.17) is 10.2 Å². The first kappa shape index (κ1) is 7.04. The third kappa shape index (κ3) is 3.24. The van der Waals surface area contributed by atoms with Gasteiger partial charge in [0.2, 0.25) is 6.29 Å². The standard InChI is InChI=1S/C5H8O3/c1-2-8-5(7)3-4-6/h2-7H,1H2. The number of aliphatic hydroxyl groups excluding tert-OH is 2. The van der Waals surface area contributed by atoms with Crippen LogP contribution in [0.3, 0.4) is 0 Å². The van der Waals surface area contributed by atoms with Gasteiger partial charge in [0.05, 0.1) is 12.5 Å². The van der Waals surface area contributed by atoms with Crippen LogP contribution >= 0.6 is 0 Å². The summed E-state index contributed by atoms with van der Waals surface area (Å²) in [5.41, 5.74) is 0. The van der Waals surface area contributed by atoms with Crippen molar-refractivity contribution in [2.45, 2.75) is 6.29 Å². The molecule has 0 aromatic heterocycles. The molecule has 3 heteroatoms. The zero-order valence-electron chi connectivity index (χ0n) is 4.32. The third-order valence-electron chi connectivity index (χ3n) is 0.486. The van der Waals surface area contributed by atoms with Crippen LogP contribution in [0.5, 0.6) is 0 Å². The number of hydrogen-bond donors (Lipinski definition) is 2. The number of rotatable bonds is 3. The van der Waals surface area contributed by atoms with Crippen molar-refractivity contribution in [3.63, 3.8) is 0 Å². The van der Waals surface area contributed by atoms with Gasteiger partial charge in [-0.05, 0) is 0 Å². The monoisotopic (exact) mass is 116 g/mol. The molecule has 0 aromatic rings. The van der Waals surface area contributed by atoms with E-state index in [9.17, 15) is 0 Å². The molecule has 1 atom stereocenters. The Labute approximate surface area is 47.5 Å². The van der Waals surface area contributed by atoms with Gasteiger partial charge in [-0.1, -0.05) is 6.58 Å². The maximum atomic E-state index is 8.51. The SMILES string of the molecule is C=COC(O)C=CO. The molecule has 0 amide bonds. The Hall–Kier alpha value is -0.960. The summed E-state index contributed by atoms with van der Waals surface area (Å²) in [5, 5.41) is 16.5. The van der Waals surface area contributed by atoms with E-state index in [-0.39, 0.29) is 0 Å². The second kappa shape index (κ2) is 4.21. The summed E-state index contributed by atoms with van der Waals surface area (Å²) in [6.07, 6.45) is 1.78. The van der Waals surface area contributed by atoms with Crippen molar-refractivity contribution in [2.75, 3.05) is 0 Å². The van der Waals surface area contributed by atoms with Gasteiger partial charge in [-0.15, -0.1) is 0 Å². The molecule has 0 spiro atoms. The van der Waals surface area contributed by atoms with Crippen LogP contribution in [0, 0.1) is 0 Å². The Morgan fingerprint density at radius 3 is 2.62 bits per heavy atom. The lowest BCUT2D eigenvalue weighted by molar-refractivity contribution is -0.0117. The molecular weight excluding hydrogens is 108 g/mol. The molecule has 1 unspecified atom stereocenters. The van der Waals surface area contributed by atoms with Gasteiger partial charge in [-0.2, -0.15) is 0 Å². The van der Waals surface area contributed by atoms with Gasteiger partial charge in [0, 0.05) is 6.08 Å². The molecule has 8 heavy (non-hydrogen) atoms. The van der Waals surface area contributed by atoms with Crippen LogP contribution in [0.2, 0.25) is 0 Å². The summed E-state index contributed by atoms with van der Waals surface area (Å²) in [4.78, 5) is 0. The zero-order chi connectivity index (χ0) is 6.41. The Kier molecular flexibility index (Phi) is 3.70. The van der Waals surface area contributed by atoms with Crippen molar-refractivity contribution < 1.29 is 14.9 Å². The first-order valence-corrected chi connectivity index (χ1v) is 2.06. The van der Waals surface area contributed by atoms with E-state index in [2.05, 4.69) is 11.3 Å². The summed E-state index contributed by atoms with van der Waals surface area (Å²) >= 11 is 0. The molecule has 2 N–H and O–H groups in total. The van der Waals surface area contributed by atoms with Crippen molar-refractivity contribution in [3.05, 3.63) is 25.2 Å². The lowest BCUT2D eigenvalue weighted by atomic mass is 10.6. The number of aliphatic hydroxyl groups is 2. The molecule has 0 saturated carbocycles. The quantitative estimate of drug-likeness (QED) is 0.418. The van der Waals surface area contributed by atoms with Gasteiger partial charge in [-0.25, -0.2) is 0 Å². The average Bonchev–Trinajstić information content (AvgIpc) is 1.68. The molecule has 0 rings (SSSR count). The maximum Gasteiger partial charge on any atom is 0.219 e. The fraction of sp³-hybridized carbons (Fsp3) is 0.200. The summed E-state index contributed by atoms with van der Waals surface area (Å²) in [6, 6.07) is 0. The number of ether oxygens (including phenoxy) is 1. The second-order valence-corrected chi connectivity index (χ2v) is 1.03. The predicted molar refractivity (Wildman–Crippen MR) is 29.1 cm³/mol. The van der Waals surface area contributed by atoms with E-state index < -0.39 is 6.29 Å². The van der Waals surface area contributed by atoms with Crippen LogP contribution in [0.15, 0.2) is 25.2 Å². The first-order valence-electron chi connectivity index (χ1n) is 2.06. The van der Waals surface area contributed by atoms with Gasteiger partial charge in [0.1, 0.15) is 0 Å². The molecule has 0 aromatic carbocycles. The minimum Gasteiger partial charge on any atom is -0.516 e. The lowest BCUT2D eigenvalue weighted by Crippen LogP contribution is -2.02. The molecule has 0 fully saturated rings. The molecule has 0 aliphatic heterocycles. The Morgan fingerprint density at radius 2 is 2.25 bits per heavy atom. The van der Waals surface area contributed by atoms with Crippen molar-refractivity contribution in [1.82, 2.24) is 0 Å². The Morgan fingerprint density at radius 1 is 1.62 bits per heavy atom. The first-order chi connectivity index (χ1) is 3.81. The van der Waals surface area contributed by atoms with Gasteiger partial charge in [0.25, 0.3) is 0 Å². The molecule has 0 radical (unpaired) electrons. The van der Waals surface area contributed by atoms with E-state index in [1.165, 1.54) is 0 Å². The van der Waals surface area contributed by atoms with Crippen molar-refractivity contribution in [3.8, 4) is 0 Å². The highest BCUT2D eigenvalue weighted by molar-refractivity contribution is 4.76. The topological polar surface area (TPSA) is 49.7 Å². The van der Waals surface area contributed by atoms with Crippen LogP contribution in [-0.4, -0.2) is 16.5 Å². The summed E-state index contributed by atoms with van der Waals surface area (Å²) in [5.74, 6) is 0. The Balaban J connectivity index is 3.31. The third-order valence-corrected chi connectivity index (χ3v) is 0.486. The molecule has 0 saturated heterocycles. The van der Waals surface area contributed by atoms with E-state index in [1.54, 1.807) is 0 Å². The highest BCUT2D eigenvalue weighted by Gasteiger charge is 1.90. The van der Waals surface area contributed by atoms with Crippen LogP contribution < -0.4 is 0 Å². The minimum atomic E-state index is -1.09. The molecule has 0 bridgehead atoms. The molecule has 3 nitrogen and oxygen atoms in total. The van der Waals surface area contributed by atoms with Crippen LogP contribution in [0.25, 0.3) is 0 Å². The van der Waals surface area contributed by atoms with Crippen molar-refractivity contribution in [1.29, 1.82) is 0 Å². The molecule has 0 aliphatic carbocycles. The molecule has 0 heterocycles. The van der Waals surface area contributed by atoms with Crippen LogP contribution in [0.1, 0.15) is 0 Å². The van der Waals surface area contributed by atoms with Gasteiger partial charge >= 0.3 is 0 Å². The van der Waals surface area contributed by atoms with E-state index in [0.29, 0.717) is 6.26 Å². The minimum absolute atomic E-state index is 0.703. The van der Waals surface area contributed by atoms with Crippen molar-refractivity contribution >= 4 is 0 Å². The maximum absolute atomic E-state index is 8.51. The lowest BCUT2D eigenvalue weighted by Gasteiger charge is -2.00. The normalized spacial score (nSPS) is 13.6. The predicted octanol–water partition coefficient (Wildman–Crippen LogP) is 0.537. The summed E-state index contributed by atoms with van der Waals surface area (Å²) in [6.45, 7) is 3.19. The van der Waals surface area contributed by atoms with E-state index in [0.717, 1.165) is 12.3 Å². The Bertz CT molecular complexity index is 87.7. The van der Waals surface area contributed by atoms with Gasteiger partial charge in [-0.3, -0.25) is 0 Å². The summed E-state index contributed by atoms with van der Waals surface area (Å²) in [7, 11) is 0. The smallest absolute Gasteiger partial charge is 0.219 e. The average molecular weight is 116 g/mol. The highest BCUT2D eigenvalue weighted by atomic mass is 16.6. The van der Waals surface area contributed by atoms with Gasteiger partial charge < -0.3 is 14.9 Å². The fourth-order valence-corrected chi connectivity index (χ4v) is 0.218.